The third-order valence-corrected chi connectivity index (χ3v) is 16.9. The van der Waals surface area contributed by atoms with Gasteiger partial charge in [-0.15, -0.1) is 0 Å². The average Bonchev–Trinajstić information content (AvgIpc) is 2.92. The monoisotopic (exact) mass is 490 g/mol. The van der Waals surface area contributed by atoms with E-state index in [4.69, 9.17) is 12.6 Å². The molecule has 1 unspecified atom stereocenters. The number of hydrogen-bond donors (Lipinski definition) is 1. The van der Waals surface area contributed by atoms with E-state index in [-0.39, 0.29) is 4.61 Å². The fourth-order valence-corrected chi connectivity index (χ4v) is 16.7. The van der Waals surface area contributed by atoms with Gasteiger partial charge in [0.2, 0.25) is 0 Å². The standard InChI is InChI=1S/C31H27PSSi/c33-31(32(26-16-6-1-7-17-26)27-18-8-2-9-19-27)34(28-20-10-3-11-21-28,29-22-12-4-13-23-29)30-24-14-5-15-25-30/h1-25,31,33H. The van der Waals surface area contributed by atoms with Crippen LogP contribution in [0.1, 0.15) is 0 Å². The maximum atomic E-state index is 5.65. The summed E-state index contributed by atoms with van der Waals surface area (Å²) in [6.07, 6.45) is 0. The minimum atomic E-state index is -2.56. The van der Waals surface area contributed by atoms with Gasteiger partial charge in [0.05, 0.1) is 0 Å². The van der Waals surface area contributed by atoms with Crippen LogP contribution in [-0.2, 0) is 0 Å². The topological polar surface area (TPSA) is 0 Å². The number of rotatable bonds is 7. The van der Waals surface area contributed by atoms with Crippen LogP contribution in [0, 0.1) is 0 Å². The zero-order valence-corrected chi connectivity index (χ0v) is 21.7. The summed E-state index contributed by atoms with van der Waals surface area (Å²) < 4.78 is 0.125. The fourth-order valence-electron chi connectivity index (χ4n) is 4.85. The highest BCUT2D eigenvalue weighted by molar-refractivity contribution is 7.98. The second kappa shape index (κ2) is 10.6. The second-order valence-electron chi connectivity index (χ2n) is 8.32. The normalized spacial score (nSPS) is 12.4. The van der Waals surface area contributed by atoms with Crippen molar-refractivity contribution in [2.45, 2.75) is 4.61 Å². The lowest BCUT2D eigenvalue weighted by Crippen LogP contribution is -2.73. The molecule has 0 saturated heterocycles. The zero-order valence-electron chi connectivity index (χ0n) is 18.9. The van der Waals surface area contributed by atoms with Crippen molar-refractivity contribution in [2.75, 3.05) is 0 Å². The molecule has 0 aliphatic carbocycles. The molecular weight excluding hydrogens is 463 g/mol. The zero-order chi connectivity index (χ0) is 23.2. The Morgan fingerprint density at radius 2 is 0.676 bits per heavy atom. The Labute approximate surface area is 210 Å². The van der Waals surface area contributed by atoms with Crippen LogP contribution >= 0.6 is 20.6 Å². The van der Waals surface area contributed by atoms with E-state index < -0.39 is 16.0 Å². The largest absolute Gasteiger partial charge is 0.173 e. The predicted molar refractivity (Wildman–Crippen MR) is 156 cm³/mol. The van der Waals surface area contributed by atoms with Crippen molar-refractivity contribution >= 4 is 54.8 Å². The molecular formula is C31H27PSSi. The van der Waals surface area contributed by atoms with E-state index in [1.165, 1.54) is 26.2 Å². The molecule has 1 atom stereocenters. The summed E-state index contributed by atoms with van der Waals surface area (Å²) in [6.45, 7) is 0. The van der Waals surface area contributed by atoms with Crippen LogP contribution in [0.5, 0.6) is 0 Å². The summed E-state index contributed by atoms with van der Waals surface area (Å²) in [5.41, 5.74) is 0. The van der Waals surface area contributed by atoms with E-state index in [9.17, 15) is 0 Å². The first-order valence-corrected chi connectivity index (χ1v) is 15.6. The lowest BCUT2D eigenvalue weighted by Gasteiger charge is -2.42. The smallest absolute Gasteiger partial charge is 0.165 e. The SMILES string of the molecule is SC(P(c1ccccc1)c1ccccc1)[Si](c1ccccc1)(c1ccccc1)c1ccccc1. The van der Waals surface area contributed by atoms with E-state index in [1.807, 2.05) is 0 Å². The van der Waals surface area contributed by atoms with Gasteiger partial charge in [-0.1, -0.05) is 152 Å². The third kappa shape index (κ3) is 4.30. The lowest BCUT2D eigenvalue weighted by molar-refractivity contribution is 1.62. The van der Waals surface area contributed by atoms with Crippen LogP contribution in [0.25, 0.3) is 0 Å². The molecule has 0 N–H and O–H groups in total. The van der Waals surface area contributed by atoms with Gasteiger partial charge in [-0.05, 0) is 34.1 Å². The molecule has 166 valence electrons. The van der Waals surface area contributed by atoms with Crippen LogP contribution in [0.3, 0.4) is 0 Å². The first kappa shape index (κ1) is 22.9. The second-order valence-corrected chi connectivity index (χ2v) is 16.4. The van der Waals surface area contributed by atoms with Crippen LogP contribution < -0.4 is 26.2 Å². The predicted octanol–water partition coefficient (Wildman–Crippen LogP) is 5.08. The first-order chi connectivity index (χ1) is 16.8. The average molecular weight is 491 g/mol. The molecule has 3 heteroatoms. The van der Waals surface area contributed by atoms with Crippen molar-refractivity contribution < 1.29 is 0 Å². The maximum absolute atomic E-state index is 5.65. The van der Waals surface area contributed by atoms with E-state index in [0.29, 0.717) is 0 Å². The van der Waals surface area contributed by atoms with Gasteiger partial charge < -0.3 is 0 Å². The highest BCUT2D eigenvalue weighted by atomic mass is 32.1. The van der Waals surface area contributed by atoms with Crippen molar-refractivity contribution in [3.8, 4) is 0 Å². The minimum Gasteiger partial charge on any atom is -0.173 e. The summed E-state index contributed by atoms with van der Waals surface area (Å²) in [5, 5.41) is 6.91. The Kier molecular flexibility index (Phi) is 7.11. The molecule has 0 fully saturated rings. The van der Waals surface area contributed by atoms with E-state index in [2.05, 4.69) is 152 Å². The van der Waals surface area contributed by atoms with Crippen LogP contribution in [0.2, 0.25) is 0 Å². The highest BCUT2D eigenvalue weighted by Gasteiger charge is 2.48. The minimum absolute atomic E-state index is 0.125. The lowest BCUT2D eigenvalue weighted by atomic mass is 10.3. The number of benzene rings is 5. The molecule has 0 radical (unpaired) electrons. The van der Waals surface area contributed by atoms with E-state index in [1.54, 1.807) is 0 Å². The molecule has 5 rings (SSSR count). The van der Waals surface area contributed by atoms with Crippen molar-refractivity contribution in [3.63, 3.8) is 0 Å². The van der Waals surface area contributed by atoms with Gasteiger partial charge >= 0.3 is 0 Å². The third-order valence-electron chi connectivity index (χ3n) is 6.39. The summed E-state index contributed by atoms with van der Waals surface area (Å²) in [7, 11) is -3.31. The van der Waals surface area contributed by atoms with Gasteiger partial charge in [0.25, 0.3) is 0 Å². The molecule has 0 saturated carbocycles. The Hall–Kier alpha value is -2.90. The van der Waals surface area contributed by atoms with Crippen LogP contribution in [-0.4, -0.2) is 12.7 Å². The van der Waals surface area contributed by atoms with Gasteiger partial charge in [-0.2, -0.15) is 12.6 Å². The summed E-state index contributed by atoms with van der Waals surface area (Å²) in [6, 6.07) is 55.3. The van der Waals surface area contributed by atoms with Crippen LogP contribution in [0.15, 0.2) is 152 Å². The quantitative estimate of drug-likeness (QED) is 0.140. The van der Waals surface area contributed by atoms with Crippen molar-refractivity contribution in [3.05, 3.63) is 152 Å². The molecule has 34 heavy (non-hydrogen) atoms. The number of hydrogen-bond acceptors (Lipinski definition) is 1. The molecule has 0 heterocycles. The van der Waals surface area contributed by atoms with Gasteiger partial charge in [0, 0.05) is 4.61 Å². The summed E-state index contributed by atoms with van der Waals surface area (Å²) in [4.78, 5) is 0. The Morgan fingerprint density at radius 3 is 0.971 bits per heavy atom. The van der Waals surface area contributed by atoms with Gasteiger partial charge in [0.15, 0.2) is 8.07 Å². The maximum Gasteiger partial charge on any atom is 0.165 e. The van der Waals surface area contributed by atoms with Gasteiger partial charge in [-0.25, -0.2) is 0 Å². The number of thiol groups is 1. The Balaban J connectivity index is 1.84. The fraction of sp³-hybridized carbons (Fsp3) is 0.0323. The molecule has 0 amide bonds. The molecule has 0 aliphatic heterocycles. The van der Waals surface area contributed by atoms with Gasteiger partial charge in [0.1, 0.15) is 0 Å². The molecule has 0 spiro atoms. The Bertz CT molecular complexity index is 1160. The van der Waals surface area contributed by atoms with E-state index >= 15 is 0 Å². The van der Waals surface area contributed by atoms with E-state index in [0.717, 1.165) is 0 Å². The summed E-state index contributed by atoms with van der Waals surface area (Å²) in [5.74, 6) is 0. The van der Waals surface area contributed by atoms with Crippen LogP contribution in [0.4, 0.5) is 0 Å². The molecule has 0 aromatic heterocycles. The molecule has 0 bridgehead atoms. The highest BCUT2D eigenvalue weighted by Crippen LogP contribution is 2.45. The van der Waals surface area contributed by atoms with Crippen molar-refractivity contribution in [1.82, 2.24) is 0 Å². The molecule has 0 nitrogen and oxygen atoms in total. The first-order valence-electron chi connectivity index (χ1n) is 11.6. The molecule has 0 aliphatic rings. The van der Waals surface area contributed by atoms with Crippen molar-refractivity contribution in [1.29, 1.82) is 0 Å². The van der Waals surface area contributed by atoms with Gasteiger partial charge in [-0.3, -0.25) is 0 Å². The summed E-state index contributed by atoms with van der Waals surface area (Å²) >= 11 is 5.65. The Morgan fingerprint density at radius 1 is 0.412 bits per heavy atom. The molecule has 5 aromatic rings. The van der Waals surface area contributed by atoms with Crippen molar-refractivity contribution in [2.24, 2.45) is 0 Å². The molecule has 5 aromatic carbocycles.